The van der Waals surface area contributed by atoms with Crippen LogP contribution in [0.15, 0.2) is 30.3 Å². The quantitative estimate of drug-likeness (QED) is 0.815. The summed E-state index contributed by atoms with van der Waals surface area (Å²) in [6.07, 6.45) is 5.62. The molecule has 0 aromatic heterocycles. The van der Waals surface area contributed by atoms with Crippen molar-refractivity contribution in [1.82, 2.24) is 5.32 Å². The van der Waals surface area contributed by atoms with E-state index >= 15 is 0 Å². The zero-order valence-electron chi connectivity index (χ0n) is 12.7. The van der Waals surface area contributed by atoms with E-state index in [1.54, 1.807) is 0 Å². The third-order valence-corrected chi connectivity index (χ3v) is 4.87. The van der Waals surface area contributed by atoms with Crippen molar-refractivity contribution in [2.45, 2.75) is 58.4 Å². The Labute approximate surface area is 118 Å². The van der Waals surface area contributed by atoms with Gasteiger partial charge in [0.05, 0.1) is 0 Å². The molecule has 2 rings (SSSR count). The predicted octanol–water partition coefficient (Wildman–Crippen LogP) is 4.59. The molecule has 1 heteroatoms. The Kier molecular flexibility index (Phi) is 5.45. The van der Waals surface area contributed by atoms with Crippen LogP contribution in [0.2, 0.25) is 0 Å². The minimum atomic E-state index is 0.611. The van der Waals surface area contributed by atoms with Crippen LogP contribution in [0, 0.1) is 11.8 Å². The summed E-state index contributed by atoms with van der Waals surface area (Å²) >= 11 is 0. The van der Waals surface area contributed by atoms with E-state index in [2.05, 4.69) is 56.4 Å². The van der Waals surface area contributed by atoms with Crippen molar-refractivity contribution in [3.63, 3.8) is 0 Å². The first-order valence-electron chi connectivity index (χ1n) is 8.00. The van der Waals surface area contributed by atoms with Crippen molar-refractivity contribution in [2.75, 3.05) is 6.54 Å². The molecule has 106 valence electrons. The largest absolute Gasteiger partial charge is 0.313 e. The molecule has 0 aliphatic heterocycles. The lowest BCUT2D eigenvalue weighted by Gasteiger charge is -2.37. The van der Waals surface area contributed by atoms with Gasteiger partial charge in [-0.25, -0.2) is 0 Å². The lowest BCUT2D eigenvalue weighted by atomic mass is 9.74. The predicted molar refractivity (Wildman–Crippen MR) is 83.4 cm³/mol. The second-order valence-electron chi connectivity index (χ2n) is 6.30. The fraction of sp³-hybridized carbons (Fsp3) is 0.667. The molecule has 1 fully saturated rings. The summed E-state index contributed by atoms with van der Waals surface area (Å²) in [5.41, 5.74) is 1.48. The number of benzene rings is 1. The van der Waals surface area contributed by atoms with Crippen LogP contribution in [0.1, 0.15) is 57.9 Å². The van der Waals surface area contributed by atoms with E-state index in [0.717, 1.165) is 18.4 Å². The Morgan fingerprint density at radius 2 is 1.74 bits per heavy atom. The van der Waals surface area contributed by atoms with Crippen molar-refractivity contribution in [2.24, 2.45) is 11.8 Å². The van der Waals surface area contributed by atoms with E-state index in [1.165, 1.54) is 31.2 Å². The maximum Gasteiger partial charge on any atom is 0.0161 e. The minimum Gasteiger partial charge on any atom is -0.313 e. The van der Waals surface area contributed by atoms with E-state index in [-0.39, 0.29) is 0 Å². The molecule has 1 N–H and O–H groups in total. The van der Waals surface area contributed by atoms with Crippen molar-refractivity contribution in [3.8, 4) is 0 Å². The van der Waals surface area contributed by atoms with E-state index in [9.17, 15) is 0 Å². The van der Waals surface area contributed by atoms with Crippen molar-refractivity contribution < 1.29 is 0 Å². The van der Waals surface area contributed by atoms with Crippen LogP contribution in [-0.4, -0.2) is 12.6 Å². The van der Waals surface area contributed by atoms with Gasteiger partial charge in [-0.3, -0.25) is 0 Å². The zero-order chi connectivity index (χ0) is 13.7. The summed E-state index contributed by atoms with van der Waals surface area (Å²) < 4.78 is 0. The van der Waals surface area contributed by atoms with Gasteiger partial charge in [0.15, 0.2) is 0 Å². The minimum absolute atomic E-state index is 0.611. The maximum atomic E-state index is 3.77. The summed E-state index contributed by atoms with van der Waals surface area (Å²) in [6.45, 7) is 8.10. The molecular formula is C18H29N. The average molecular weight is 259 g/mol. The third-order valence-electron chi connectivity index (χ3n) is 4.87. The first-order valence-corrected chi connectivity index (χ1v) is 8.00. The fourth-order valence-corrected chi connectivity index (χ4v) is 3.60. The molecule has 1 nitrogen and oxygen atoms in total. The normalized spacial score (nSPS) is 26.9. The van der Waals surface area contributed by atoms with E-state index < -0.39 is 0 Å². The molecule has 0 saturated heterocycles. The number of nitrogens with one attached hydrogen (secondary N) is 1. The molecule has 0 radical (unpaired) electrons. The smallest absolute Gasteiger partial charge is 0.0161 e. The first kappa shape index (κ1) is 14.6. The summed E-state index contributed by atoms with van der Waals surface area (Å²) in [7, 11) is 0. The van der Waals surface area contributed by atoms with Crippen molar-refractivity contribution in [1.29, 1.82) is 0 Å². The second kappa shape index (κ2) is 7.09. The summed E-state index contributed by atoms with van der Waals surface area (Å²) in [6, 6.07) is 11.6. The van der Waals surface area contributed by atoms with Gasteiger partial charge in [-0.1, -0.05) is 63.9 Å². The molecule has 0 heterocycles. The van der Waals surface area contributed by atoms with Crippen LogP contribution in [0.3, 0.4) is 0 Å². The number of likely N-dealkylation sites (N-methyl/N-ethyl adjacent to an activating group) is 1. The van der Waals surface area contributed by atoms with Gasteiger partial charge in [0.2, 0.25) is 0 Å². The van der Waals surface area contributed by atoms with Gasteiger partial charge in [0.1, 0.15) is 0 Å². The molecule has 0 amide bonds. The second-order valence-corrected chi connectivity index (χ2v) is 6.30. The van der Waals surface area contributed by atoms with Gasteiger partial charge in [-0.2, -0.15) is 0 Å². The Balaban J connectivity index is 2.06. The van der Waals surface area contributed by atoms with Crippen LogP contribution >= 0.6 is 0 Å². The summed E-state index contributed by atoms with van der Waals surface area (Å²) in [5, 5.41) is 3.77. The SMILES string of the molecule is CCNC(C1CCC(C)CC1)C(C)c1ccccc1. The molecule has 1 aromatic rings. The highest BCUT2D eigenvalue weighted by atomic mass is 14.9. The fourth-order valence-electron chi connectivity index (χ4n) is 3.60. The van der Waals surface area contributed by atoms with Gasteiger partial charge in [0.25, 0.3) is 0 Å². The molecule has 19 heavy (non-hydrogen) atoms. The van der Waals surface area contributed by atoms with Gasteiger partial charge in [-0.05, 0) is 42.7 Å². The molecule has 2 atom stereocenters. The number of hydrogen-bond donors (Lipinski definition) is 1. The van der Waals surface area contributed by atoms with Crippen LogP contribution in [-0.2, 0) is 0 Å². The lowest BCUT2D eigenvalue weighted by Crippen LogP contribution is -2.41. The molecule has 1 aliphatic carbocycles. The number of rotatable bonds is 5. The Morgan fingerprint density at radius 1 is 1.11 bits per heavy atom. The van der Waals surface area contributed by atoms with E-state index in [4.69, 9.17) is 0 Å². The van der Waals surface area contributed by atoms with Crippen LogP contribution in [0.4, 0.5) is 0 Å². The summed E-state index contributed by atoms with van der Waals surface area (Å²) in [5.74, 6) is 2.40. The van der Waals surface area contributed by atoms with E-state index in [1.807, 2.05) is 0 Å². The Bertz CT molecular complexity index is 351. The molecule has 1 aliphatic rings. The average Bonchev–Trinajstić information content (AvgIpc) is 2.46. The highest BCUT2D eigenvalue weighted by molar-refractivity contribution is 5.21. The standard InChI is InChI=1S/C18H29N/c1-4-19-18(17-12-10-14(2)11-13-17)15(3)16-8-6-5-7-9-16/h5-9,14-15,17-19H,4,10-13H2,1-3H3. The van der Waals surface area contributed by atoms with Crippen LogP contribution in [0.5, 0.6) is 0 Å². The van der Waals surface area contributed by atoms with Gasteiger partial charge in [-0.15, -0.1) is 0 Å². The zero-order valence-corrected chi connectivity index (χ0v) is 12.7. The maximum absolute atomic E-state index is 3.77. The molecule has 0 spiro atoms. The van der Waals surface area contributed by atoms with Gasteiger partial charge < -0.3 is 5.32 Å². The molecule has 1 aromatic carbocycles. The number of hydrogen-bond acceptors (Lipinski definition) is 1. The summed E-state index contributed by atoms with van der Waals surface area (Å²) in [4.78, 5) is 0. The topological polar surface area (TPSA) is 12.0 Å². The Morgan fingerprint density at radius 3 is 2.32 bits per heavy atom. The first-order chi connectivity index (χ1) is 9.22. The van der Waals surface area contributed by atoms with Crippen LogP contribution < -0.4 is 5.32 Å². The highest BCUT2D eigenvalue weighted by Crippen LogP contribution is 2.35. The van der Waals surface area contributed by atoms with Crippen molar-refractivity contribution >= 4 is 0 Å². The third kappa shape index (κ3) is 3.82. The van der Waals surface area contributed by atoms with Crippen molar-refractivity contribution in [3.05, 3.63) is 35.9 Å². The molecule has 1 saturated carbocycles. The highest BCUT2D eigenvalue weighted by Gasteiger charge is 2.29. The van der Waals surface area contributed by atoms with Gasteiger partial charge >= 0.3 is 0 Å². The van der Waals surface area contributed by atoms with Crippen LogP contribution in [0.25, 0.3) is 0 Å². The Hall–Kier alpha value is -0.820. The molecule has 0 bridgehead atoms. The lowest BCUT2D eigenvalue weighted by molar-refractivity contribution is 0.214. The molecule has 2 unspecified atom stereocenters. The molecular weight excluding hydrogens is 230 g/mol. The van der Waals surface area contributed by atoms with E-state index in [0.29, 0.717) is 12.0 Å². The van der Waals surface area contributed by atoms with Gasteiger partial charge in [0, 0.05) is 6.04 Å². The monoisotopic (exact) mass is 259 g/mol.